The predicted molar refractivity (Wildman–Crippen MR) is 140 cm³/mol. The number of hydrogen-bond donors (Lipinski definition) is 2. The van der Waals surface area contributed by atoms with E-state index >= 15 is 0 Å². The van der Waals surface area contributed by atoms with Crippen LogP contribution in [-0.4, -0.2) is 68.8 Å². The van der Waals surface area contributed by atoms with Crippen LogP contribution in [-0.2, 0) is 14.6 Å². The Bertz CT molecular complexity index is 1360. The number of amides is 2. The number of anilines is 2. The topological polar surface area (TPSA) is 131 Å². The highest BCUT2D eigenvalue weighted by atomic mass is 32.2. The maximum absolute atomic E-state index is 12.6. The summed E-state index contributed by atoms with van der Waals surface area (Å²) in [6.07, 6.45) is 4.53. The Balaban J connectivity index is 1.27. The van der Waals surface area contributed by atoms with Gasteiger partial charge < -0.3 is 20.3 Å². The Morgan fingerprint density at radius 1 is 1.00 bits per heavy atom. The number of urea groups is 1. The zero-order chi connectivity index (χ0) is 26.1. The summed E-state index contributed by atoms with van der Waals surface area (Å²) in [7, 11) is -3.59. The molecule has 1 aliphatic heterocycles. The van der Waals surface area contributed by atoms with Crippen LogP contribution in [0.3, 0.4) is 0 Å². The molecule has 0 aliphatic carbocycles. The molecule has 0 atom stereocenters. The van der Waals surface area contributed by atoms with Crippen LogP contribution >= 0.6 is 0 Å². The van der Waals surface area contributed by atoms with E-state index in [9.17, 15) is 18.0 Å². The van der Waals surface area contributed by atoms with Gasteiger partial charge in [-0.3, -0.25) is 4.79 Å². The molecule has 2 aromatic heterocycles. The first kappa shape index (κ1) is 26.0. The van der Waals surface area contributed by atoms with Crippen LogP contribution in [0.15, 0.2) is 78.0 Å². The first-order chi connectivity index (χ1) is 17.9. The Labute approximate surface area is 215 Å². The molecule has 2 amide bonds. The number of nitrogens with zero attached hydrogens (tertiary/aromatic N) is 3. The third-order valence-corrected chi connectivity index (χ3v) is 7.16. The molecular weight excluding hydrogens is 494 g/mol. The molecule has 0 saturated carbocycles. The Morgan fingerprint density at radius 3 is 2.51 bits per heavy atom. The molecule has 1 aromatic carbocycles. The van der Waals surface area contributed by atoms with Crippen LogP contribution in [0.1, 0.15) is 16.1 Å². The highest BCUT2D eigenvalue weighted by molar-refractivity contribution is 7.91. The average Bonchev–Trinajstić information content (AvgIpc) is 2.93. The molecule has 0 radical (unpaired) electrons. The molecular formula is C26H27N5O5S. The fraction of sp³-hybridized carbons (Fsp3) is 0.231. The minimum atomic E-state index is -3.59. The molecule has 0 unspecified atom stereocenters. The van der Waals surface area contributed by atoms with E-state index in [1.54, 1.807) is 42.5 Å². The van der Waals surface area contributed by atoms with Crippen molar-refractivity contribution in [1.29, 1.82) is 0 Å². The first-order valence-electron chi connectivity index (χ1n) is 11.7. The van der Waals surface area contributed by atoms with E-state index in [1.165, 1.54) is 18.3 Å². The van der Waals surface area contributed by atoms with Crippen molar-refractivity contribution >= 4 is 39.2 Å². The Morgan fingerprint density at radius 2 is 1.78 bits per heavy atom. The lowest BCUT2D eigenvalue weighted by Gasteiger charge is -2.27. The molecule has 1 aliphatic rings. The van der Waals surface area contributed by atoms with Gasteiger partial charge in [-0.2, -0.15) is 0 Å². The number of sulfone groups is 1. The highest BCUT2D eigenvalue weighted by Gasteiger charge is 2.16. The molecule has 3 heterocycles. The molecule has 0 bridgehead atoms. The van der Waals surface area contributed by atoms with Crippen molar-refractivity contribution in [3.63, 3.8) is 0 Å². The van der Waals surface area contributed by atoms with Crippen molar-refractivity contribution in [2.75, 3.05) is 48.8 Å². The number of rotatable bonds is 9. The summed E-state index contributed by atoms with van der Waals surface area (Å²) < 4.78 is 29.8. The number of ketones is 1. The second-order valence-electron chi connectivity index (χ2n) is 8.16. The number of pyridine rings is 2. The number of morpholine rings is 1. The lowest BCUT2D eigenvalue weighted by molar-refractivity contribution is 0.104. The standard InChI is InChI=1S/C26H27N5O5S/c32-23(12-11-21-4-3-5-24(29-21)31-15-17-36-18-16-31)20-7-9-22(10-8-20)30-26(33)28-14-19-37(34,35)25-6-1-2-13-27-25/h1-13H,14-19H2,(H2,28,30,33)/b12-11+. The van der Waals surface area contributed by atoms with Gasteiger partial charge in [0.2, 0.25) is 0 Å². The fourth-order valence-corrected chi connectivity index (χ4v) is 4.67. The molecule has 3 aromatic rings. The van der Waals surface area contributed by atoms with Gasteiger partial charge in [-0.1, -0.05) is 12.1 Å². The van der Waals surface area contributed by atoms with Crippen molar-refractivity contribution in [3.8, 4) is 0 Å². The summed E-state index contributed by atoms with van der Waals surface area (Å²) in [6.45, 7) is 2.82. The number of benzene rings is 1. The smallest absolute Gasteiger partial charge is 0.319 e. The third kappa shape index (κ3) is 7.45. The third-order valence-electron chi connectivity index (χ3n) is 5.54. The number of carbonyl (C=O) groups is 2. The molecule has 0 spiro atoms. The number of carbonyl (C=O) groups excluding carboxylic acids is 2. The number of aromatic nitrogens is 2. The van der Waals surface area contributed by atoms with E-state index in [4.69, 9.17) is 4.74 Å². The lowest BCUT2D eigenvalue weighted by atomic mass is 10.1. The minimum Gasteiger partial charge on any atom is -0.378 e. The van der Waals surface area contributed by atoms with E-state index < -0.39 is 15.9 Å². The summed E-state index contributed by atoms with van der Waals surface area (Å²) in [5, 5.41) is 5.09. The number of nitrogens with one attached hydrogen (secondary N) is 2. The van der Waals surface area contributed by atoms with Crippen LogP contribution in [0.4, 0.5) is 16.3 Å². The van der Waals surface area contributed by atoms with Gasteiger partial charge in [0.05, 0.1) is 24.7 Å². The fourth-order valence-electron chi connectivity index (χ4n) is 3.59. The maximum Gasteiger partial charge on any atom is 0.319 e. The minimum absolute atomic E-state index is 0.0351. The van der Waals surface area contributed by atoms with Gasteiger partial charge >= 0.3 is 6.03 Å². The van der Waals surface area contributed by atoms with Gasteiger partial charge in [-0.05, 0) is 60.7 Å². The van der Waals surface area contributed by atoms with Gasteiger partial charge in [0.15, 0.2) is 20.6 Å². The van der Waals surface area contributed by atoms with Gasteiger partial charge in [0.25, 0.3) is 0 Å². The zero-order valence-corrected chi connectivity index (χ0v) is 20.9. The first-order valence-corrected chi connectivity index (χ1v) is 13.4. The number of hydrogen-bond acceptors (Lipinski definition) is 8. The Kier molecular flexibility index (Phi) is 8.60. The molecule has 1 fully saturated rings. The van der Waals surface area contributed by atoms with Crippen molar-refractivity contribution in [1.82, 2.24) is 15.3 Å². The zero-order valence-electron chi connectivity index (χ0n) is 20.0. The number of ether oxygens (including phenoxy) is 1. The number of allylic oxidation sites excluding steroid dienone is 1. The van der Waals surface area contributed by atoms with E-state index in [-0.39, 0.29) is 23.1 Å². The molecule has 4 rings (SSSR count). The second kappa shape index (κ2) is 12.2. The molecule has 10 nitrogen and oxygen atoms in total. The van der Waals surface area contributed by atoms with Gasteiger partial charge in [0.1, 0.15) is 5.82 Å². The van der Waals surface area contributed by atoms with Crippen LogP contribution in [0.2, 0.25) is 0 Å². The van der Waals surface area contributed by atoms with Crippen LogP contribution in [0.25, 0.3) is 6.08 Å². The maximum atomic E-state index is 12.6. The highest BCUT2D eigenvalue weighted by Crippen LogP contribution is 2.15. The SMILES string of the molecule is O=C(NCCS(=O)(=O)c1ccccn1)Nc1ccc(C(=O)/C=C/c2cccc(N3CCOCC3)n2)cc1. The summed E-state index contributed by atoms with van der Waals surface area (Å²) in [6, 6.07) is 16.2. The largest absolute Gasteiger partial charge is 0.378 e. The molecule has 2 N–H and O–H groups in total. The lowest BCUT2D eigenvalue weighted by Crippen LogP contribution is -2.36. The second-order valence-corrected chi connectivity index (χ2v) is 10.2. The van der Waals surface area contributed by atoms with Gasteiger partial charge in [-0.15, -0.1) is 0 Å². The van der Waals surface area contributed by atoms with Gasteiger partial charge in [-0.25, -0.2) is 23.2 Å². The summed E-state index contributed by atoms with van der Waals surface area (Å²) in [5.41, 5.74) is 1.59. The van der Waals surface area contributed by atoms with E-state index in [0.717, 1.165) is 18.9 Å². The van der Waals surface area contributed by atoms with Gasteiger partial charge in [0, 0.05) is 37.1 Å². The molecule has 1 saturated heterocycles. The Hall–Kier alpha value is -4.09. The van der Waals surface area contributed by atoms with Crippen molar-refractivity contribution in [2.45, 2.75) is 5.03 Å². The van der Waals surface area contributed by atoms with E-state index in [2.05, 4.69) is 25.5 Å². The normalized spacial score (nSPS) is 13.9. The summed E-state index contributed by atoms with van der Waals surface area (Å²) >= 11 is 0. The van der Waals surface area contributed by atoms with Crippen molar-refractivity contribution < 1.29 is 22.7 Å². The van der Waals surface area contributed by atoms with Crippen molar-refractivity contribution in [2.24, 2.45) is 0 Å². The van der Waals surface area contributed by atoms with Crippen LogP contribution in [0, 0.1) is 0 Å². The van der Waals surface area contributed by atoms with Crippen LogP contribution < -0.4 is 15.5 Å². The quantitative estimate of drug-likeness (QED) is 0.325. The van der Waals surface area contributed by atoms with E-state index in [0.29, 0.717) is 30.2 Å². The molecule has 11 heteroatoms. The molecule has 37 heavy (non-hydrogen) atoms. The van der Waals surface area contributed by atoms with Crippen molar-refractivity contribution in [3.05, 3.63) is 84.2 Å². The summed E-state index contributed by atoms with van der Waals surface area (Å²) in [4.78, 5) is 35.3. The average molecular weight is 522 g/mol. The monoisotopic (exact) mass is 521 g/mol. The molecule has 192 valence electrons. The summed E-state index contributed by atoms with van der Waals surface area (Å²) in [5.74, 6) is 0.372. The van der Waals surface area contributed by atoms with E-state index in [1.807, 2.05) is 18.2 Å². The van der Waals surface area contributed by atoms with Crippen LogP contribution in [0.5, 0.6) is 0 Å². The predicted octanol–water partition coefficient (Wildman–Crippen LogP) is 2.80.